The van der Waals surface area contributed by atoms with Gasteiger partial charge in [-0.25, -0.2) is 0 Å². The molecule has 8 heteroatoms. The van der Waals surface area contributed by atoms with E-state index < -0.39 is 0 Å². The molecule has 2 aliphatic rings. The van der Waals surface area contributed by atoms with Crippen molar-refractivity contribution in [1.82, 2.24) is 15.5 Å². The molecule has 2 aliphatic heterocycles. The summed E-state index contributed by atoms with van der Waals surface area (Å²) in [6, 6.07) is 9.00. The second-order valence-corrected chi connectivity index (χ2v) is 8.42. The lowest BCUT2D eigenvalue weighted by molar-refractivity contribution is 0.0211. The van der Waals surface area contributed by atoms with E-state index in [2.05, 4.69) is 53.6 Å². The number of hydrogen-bond acceptors (Lipinski definition) is 5. The normalized spacial score (nSPS) is 20.2. The minimum atomic E-state index is 0. The van der Waals surface area contributed by atoms with Crippen molar-refractivity contribution >= 4 is 29.9 Å². The maximum atomic E-state index is 5.69. The zero-order valence-electron chi connectivity index (χ0n) is 19.9. The number of nitrogens with one attached hydrogen (secondary N) is 2. The molecular weight excluding hydrogens is 519 g/mol. The molecule has 3 rings (SSSR count). The second kappa shape index (κ2) is 14.2. The largest absolute Gasteiger partial charge is 0.494 e. The van der Waals surface area contributed by atoms with Gasteiger partial charge in [-0.15, -0.1) is 24.0 Å². The van der Waals surface area contributed by atoms with Gasteiger partial charge in [-0.2, -0.15) is 0 Å². The molecule has 0 bridgehead atoms. The first-order valence-electron chi connectivity index (χ1n) is 11.8. The number of halogens is 1. The average Bonchev–Trinajstić information content (AvgIpc) is 2.82. The van der Waals surface area contributed by atoms with Crippen LogP contribution in [0.15, 0.2) is 29.3 Å². The lowest BCUT2D eigenvalue weighted by atomic mass is 9.74. The quantitative estimate of drug-likeness (QED) is 0.275. The Morgan fingerprint density at radius 2 is 1.72 bits per heavy atom. The van der Waals surface area contributed by atoms with Gasteiger partial charge in [0.05, 0.1) is 26.4 Å². The topological polar surface area (TPSA) is 67.4 Å². The average molecular weight is 561 g/mol. The molecule has 182 valence electrons. The molecule has 32 heavy (non-hydrogen) atoms. The Bertz CT molecular complexity index is 674. The van der Waals surface area contributed by atoms with Crippen LogP contribution < -0.4 is 15.4 Å². The summed E-state index contributed by atoms with van der Waals surface area (Å²) in [7, 11) is 0. The minimum Gasteiger partial charge on any atom is -0.494 e. The molecule has 1 atom stereocenters. The molecule has 1 aromatic rings. The summed E-state index contributed by atoms with van der Waals surface area (Å²) in [5.74, 6) is 1.81. The van der Waals surface area contributed by atoms with Crippen molar-refractivity contribution in [1.29, 1.82) is 0 Å². The number of aliphatic imine (C=N–C) groups is 1. The monoisotopic (exact) mass is 560 g/mol. The van der Waals surface area contributed by atoms with Crippen LogP contribution in [0, 0.1) is 0 Å². The fourth-order valence-corrected chi connectivity index (χ4v) is 4.34. The molecule has 2 saturated heterocycles. The number of benzene rings is 1. The van der Waals surface area contributed by atoms with E-state index in [9.17, 15) is 0 Å². The summed E-state index contributed by atoms with van der Waals surface area (Å²) in [6.07, 6.45) is 1.96. The van der Waals surface area contributed by atoms with E-state index in [1.165, 1.54) is 5.56 Å². The zero-order valence-corrected chi connectivity index (χ0v) is 22.2. The van der Waals surface area contributed by atoms with Crippen LogP contribution in [0.5, 0.6) is 5.75 Å². The first-order valence-corrected chi connectivity index (χ1v) is 11.8. The van der Waals surface area contributed by atoms with Crippen LogP contribution in [0.2, 0.25) is 0 Å². The second-order valence-electron chi connectivity index (χ2n) is 8.42. The molecule has 2 N–H and O–H groups in total. The summed E-state index contributed by atoms with van der Waals surface area (Å²) in [6.45, 7) is 14.7. The van der Waals surface area contributed by atoms with Crippen LogP contribution in [0.3, 0.4) is 0 Å². The van der Waals surface area contributed by atoms with Gasteiger partial charge >= 0.3 is 0 Å². The highest BCUT2D eigenvalue weighted by Crippen LogP contribution is 2.36. The standard InChI is InChI=1S/C24H40N4O3.HI/c1-4-25-23(26-18-20(3)28-12-16-30-17-13-28)27-19-24(10-14-29-15-11-24)21-6-8-22(9-7-21)31-5-2;/h6-9,20H,4-5,10-19H2,1-3H3,(H2,25,26,27);1H. The van der Waals surface area contributed by atoms with E-state index in [4.69, 9.17) is 19.2 Å². The first-order chi connectivity index (χ1) is 15.2. The van der Waals surface area contributed by atoms with Crippen LogP contribution in [-0.2, 0) is 14.9 Å². The van der Waals surface area contributed by atoms with E-state index in [1.54, 1.807) is 0 Å². The zero-order chi connectivity index (χ0) is 21.9. The van der Waals surface area contributed by atoms with Gasteiger partial charge in [0.25, 0.3) is 0 Å². The van der Waals surface area contributed by atoms with Gasteiger partial charge in [0.2, 0.25) is 0 Å². The van der Waals surface area contributed by atoms with Crippen LogP contribution >= 0.6 is 24.0 Å². The Kier molecular flexibility index (Phi) is 12.1. The summed E-state index contributed by atoms with van der Waals surface area (Å²) >= 11 is 0. The van der Waals surface area contributed by atoms with Gasteiger partial charge in [0.15, 0.2) is 5.96 Å². The van der Waals surface area contributed by atoms with Crippen LogP contribution in [0.25, 0.3) is 0 Å². The lowest BCUT2D eigenvalue weighted by Crippen LogP contribution is -2.49. The van der Waals surface area contributed by atoms with Crippen molar-refractivity contribution in [2.24, 2.45) is 4.99 Å². The molecule has 2 heterocycles. The van der Waals surface area contributed by atoms with Gasteiger partial charge in [-0.3, -0.25) is 9.89 Å². The van der Waals surface area contributed by atoms with E-state index >= 15 is 0 Å². The number of rotatable bonds is 9. The van der Waals surface area contributed by atoms with Gasteiger partial charge < -0.3 is 24.8 Å². The summed E-state index contributed by atoms with van der Waals surface area (Å²) in [4.78, 5) is 7.50. The summed E-state index contributed by atoms with van der Waals surface area (Å²) in [5, 5.41) is 6.98. The number of morpholine rings is 1. The van der Waals surface area contributed by atoms with Crippen LogP contribution in [0.1, 0.15) is 39.2 Å². The highest BCUT2D eigenvalue weighted by Gasteiger charge is 2.34. The van der Waals surface area contributed by atoms with E-state index in [0.29, 0.717) is 12.6 Å². The third-order valence-electron chi connectivity index (χ3n) is 6.35. The van der Waals surface area contributed by atoms with Crippen LogP contribution in [0.4, 0.5) is 0 Å². The van der Waals surface area contributed by atoms with Crippen molar-refractivity contribution in [3.63, 3.8) is 0 Å². The van der Waals surface area contributed by atoms with E-state index in [1.807, 2.05) is 6.92 Å². The molecule has 1 aromatic carbocycles. The predicted molar refractivity (Wildman–Crippen MR) is 141 cm³/mol. The number of nitrogens with zero attached hydrogens (tertiary/aromatic N) is 2. The summed E-state index contributed by atoms with van der Waals surface area (Å²) < 4.78 is 16.8. The van der Waals surface area contributed by atoms with Crippen molar-refractivity contribution in [2.75, 3.05) is 65.8 Å². The fraction of sp³-hybridized carbons (Fsp3) is 0.708. The third-order valence-corrected chi connectivity index (χ3v) is 6.35. The Morgan fingerprint density at radius 1 is 1.06 bits per heavy atom. The first kappa shape index (κ1) is 27.1. The van der Waals surface area contributed by atoms with Crippen LogP contribution in [-0.4, -0.2) is 82.7 Å². The van der Waals surface area contributed by atoms with Crippen molar-refractivity contribution in [3.05, 3.63) is 29.8 Å². The molecule has 0 aliphatic carbocycles. The molecule has 0 aromatic heterocycles. The maximum Gasteiger partial charge on any atom is 0.191 e. The van der Waals surface area contributed by atoms with Gasteiger partial charge in [0.1, 0.15) is 5.75 Å². The fourth-order valence-electron chi connectivity index (χ4n) is 4.34. The number of guanidine groups is 1. The van der Waals surface area contributed by atoms with Gasteiger partial charge in [-0.1, -0.05) is 12.1 Å². The van der Waals surface area contributed by atoms with Crippen molar-refractivity contribution in [2.45, 2.75) is 45.1 Å². The molecule has 7 nitrogen and oxygen atoms in total. The van der Waals surface area contributed by atoms with Gasteiger partial charge in [-0.05, 0) is 51.3 Å². The van der Waals surface area contributed by atoms with Gasteiger partial charge in [0, 0.05) is 50.8 Å². The number of ether oxygens (including phenoxy) is 3. The van der Waals surface area contributed by atoms with Crippen molar-refractivity contribution in [3.8, 4) is 5.75 Å². The summed E-state index contributed by atoms with van der Waals surface area (Å²) in [5.41, 5.74) is 1.32. The molecule has 0 radical (unpaired) electrons. The Morgan fingerprint density at radius 3 is 2.34 bits per heavy atom. The molecule has 1 unspecified atom stereocenters. The minimum absolute atomic E-state index is 0. The lowest BCUT2D eigenvalue weighted by Gasteiger charge is -2.37. The third kappa shape index (κ3) is 7.74. The molecule has 0 spiro atoms. The Hall–Kier alpha value is -1.10. The Balaban J connectivity index is 0.00000363. The molecule has 0 saturated carbocycles. The van der Waals surface area contributed by atoms with E-state index in [0.717, 1.165) is 83.7 Å². The molecule has 2 fully saturated rings. The molecule has 0 amide bonds. The molecular formula is C24H41IN4O3. The smallest absolute Gasteiger partial charge is 0.191 e. The number of hydrogen-bond donors (Lipinski definition) is 2. The highest BCUT2D eigenvalue weighted by molar-refractivity contribution is 14.0. The maximum absolute atomic E-state index is 5.69. The van der Waals surface area contributed by atoms with E-state index in [-0.39, 0.29) is 29.4 Å². The van der Waals surface area contributed by atoms with Crippen molar-refractivity contribution < 1.29 is 14.2 Å². The Labute approximate surface area is 210 Å². The highest BCUT2D eigenvalue weighted by atomic mass is 127. The predicted octanol–water partition coefficient (Wildman–Crippen LogP) is 3.03. The SMILES string of the molecule is CCNC(=NCC1(c2ccc(OCC)cc2)CCOCC1)NCC(C)N1CCOCC1.I.